The van der Waals surface area contributed by atoms with E-state index in [1.165, 1.54) is 12.7 Å². The van der Waals surface area contributed by atoms with Crippen molar-refractivity contribution >= 4 is 18.0 Å². The van der Waals surface area contributed by atoms with Crippen molar-refractivity contribution in [2.24, 2.45) is 4.99 Å². The minimum absolute atomic E-state index is 0.498. The monoisotopic (exact) mass is 123 g/mol. The van der Waals surface area contributed by atoms with Crippen molar-refractivity contribution in [2.45, 2.75) is 0 Å². The maximum absolute atomic E-state index is 4.83. The van der Waals surface area contributed by atoms with E-state index in [-0.39, 0.29) is 0 Å². The van der Waals surface area contributed by atoms with Gasteiger partial charge in [-0.3, -0.25) is 0 Å². The van der Waals surface area contributed by atoms with Crippen LogP contribution in [0.25, 0.3) is 0 Å². The van der Waals surface area contributed by atoms with Crippen LogP contribution in [-0.4, -0.2) is 11.3 Å². The lowest BCUT2D eigenvalue weighted by Gasteiger charge is -2.00. The van der Waals surface area contributed by atoms with E-state index in [4.69, 9.17) is 4.42 Å². The van der Waals surface area contributed by atoms with E-state index in [0.29, 0.717) is 11.7 Å². The fraction of sp³-hybridized carbons (Fsp3) is 0. The number of hydrogen-bond donors (Lipinski definition) is 1. The minimum Gasteiger partial charge on any atom is -0.424 e. The Kier molecular flexibility index (Phi) is 0.717. The molecule has 0 fully saturated rings. The topological polar surface area (TPSA) is 64.5 Å². The summed E-state index contributed by atoms with van der Waals surface area (Å²) in [6.45, 7) is 0. The molecule has 0 unspecified atom stereocenters. The molecule has 1 aliphatic rings. The number of hydrogen-bond acceptors (Lipinski definition) is 4. The van der Waals surface area contributed by atoms with Gasteiger partial charge >= 0.3 is 0 Å². The Morgan fingerprint density at radius 3 is 3.44 bits per heavy atom. The molecule has 5 nitrogen and oxygen atoms in total. The molecule has 0 bridgehead atoms. The fourth-order valence-corrected chi connectivity index (χ4v) is 0.580. The van der Waals surface area contributed by atoms with Crippen molar-refractivity contribution in [3.8, 4) is 0 Å². The van der Waals surface area contributed by atoms with Gasteiger partial charge in [-0.25, -0.2) is 10.4 Å². The quantitative estimate of drug-likeness (QED) is 0.538. The van der Waals surface area contributed by atoms with Gasteiger partial charge in [-0.1, -0.05) is 0 Å². The molecule has 0 saturated carbocycles. The van der Waals surface area contributed by atoms with Gasteiger partial charge in [0, 0.05) is 0 Å². The van der Waals surface area contributed by atoms with Gasteiger partial charge in [0.15, 0.2) is 6.39 Å². The molecule has 1 aromatic heterocycles. The lowest BCUT2D eigenvalue weighted by Crippen LogP contribution is -2.13. The third-order valence-electron chi connectivity index (χ3n) is 0.952. The first-order chi connectivity index (χ1) is 4.47. The Morgan fingerprint density at radius 2 is 2.56 bits per heavy atom. The van der Waals surface area contributed by atoms with Crippen LogP contribution in [0.2, 0.25) is 0 Å². The fourth-order valence-electron chi connectivity index (χ4n) is 0.580. The number of fused-ring (bicyclic) bond motifs is 1. The number of oxazole rings is 1. The Balaban J connectivity index is 2.53. The molecule has 0 aliphatic carbocycles. The van der Waals surface area contributed by atoms with Gasteiger partial charge in [0.25, 0.3) is 5.88 Å². The molecule has 1 radical (unpaired) electrons. The smallest absolute Gasteiger partial charge is 0.260 e. The Labute approximate surface area is 50.8 Å². The zero-order chi connectivity index (χ0) is 6.10. The SMILES string of the molecule is C1=Nc2ncoc2N[N]1. The van der Waals surface area contributed by atoms with Gasteiger partial charge in [0.05, 0.1) is 0 Å². The molecule has 9 heavy (non-hydrogen) atoms. The summed E-state index contributed by atoms with van der Waals surface area (Å²) in [5, 5.41) is 0. The molecule has 0 amide bonds. The highest BCUT2D eigenvalue weighted by Crippen LogP contribution is 2.22. The molecule has 0 atom stereocenters. The summed E-state index contributed by atoms with van der Waals surface area (Å²) in [7, 11) is 0. The van der Waals surface area contributed by atoms with Crippen LogP contribution in [0.4, 0.5) is 11.7 Å². The lowest BCUT2D eigenvalue weighted by atomic mass is 10.7. The highest BCUT2D eigenvalue weighted by Gasteiger charge is 2.08. The summed E-state index contributed by atoms with van der Waals surface area (Å²) in [5.74, 6) is 1.04. The van der Waals surface area contributed by atoms with Gasteiger partial charge in [-0.15, -0.1) is 0 Å². The van der Waals surface area contributed by atoms with Crippen molar-refractivity contribution in [1.29, 1.82) is 0 Å². The van der Waals surface area contributed by atoms with Crippen molar-refractivity contribution in [3.05, 3.63) is 6.39 Å². The van der Waals surface area contributed by atoms with Crippen LogP contribution in [0.3, 0.4) is 0 Å². The van der Waals surface area contributed by atoms with Crippen LogP contribution in [0.1, 0.15) is 0 Å². The van der Waals surface area contributed by atoms with Crippen molar-refractivity contribution < 1.29 is 4.42 Å². The molecule has 0 spiro atoms. The first-order valence-corrected chi connectivity index (χ1v) is 2.39. The molecule has 2 rings (SSSR count). The van der Waals surface area contributed by atoms with Gasteiger partial charge in [-0.2, -0.15) is 10.4 Å². The minimum atomic E-state index is 0.498. The summed E-state index contributed by atoms with van der Waals surface area (Å²) in [6, 6.07) is 0. The van der Waals surface area contributed by atoms with E-state index in [1.807, 2.05) is 0 Å². The van der Waals surface area contributed by atoms with E-state index in [2.05, 4.69) is 20.8 Å². The standard InChI is InChI=1S/C4H3N4O/c1-5-3-4(8-7-1)9-2-6-3/h1-2,8H. The van der Waals surface area contributed by atoms with Crippen LogP contribution in [0.15, 0.2) is 15.8 Å². The zero-order valence-electron chi connectivity index (χ0n) is 4.40. The maximum atomic E-state index is 4.83. The number of aliphatic imine (C=N–C) groups is 1. The van der Waals surface area contributed by atoms with Crippen molar-refractivity contribution in [3.63, 3.8) is 0 Å². The summed E-state index contributed by atoms with van der Waals surface area (Å²) in [5.41, 5.74) is 6.20. The molecule has 0 aromatic carbocycles. The zero-order valence-corrected chi connectivity index (χ0v) is 4.40. The van der Waals surface area contributed by atoms with Crippen molar-refractivity contribution in [1.82, 2.24) is 10.4 Å². The summed E-state index contributed by atoms with van der Waals surface area (Å²) >= 11 is 0. The van der Waals surface area contributed by atoms with Gasteiger partial charge in [-0.05, 0) is 0 Å². The normalized spacial score (nSPS) is 13.8. The number of nitrogens with zero attached hydrogens (tertiary/aromatic N) is 3. The second-order valence-corrected chi connectivity index (χ2v) is 1.49. The molecule has 5 heteroatoms. The molecule has 2 heterocycles. The Morgan fingerprint density at radius 1 is 1.56 bits per heavy atom. The van der Waals surface area contributed by atoms with Gasteiger partial charge in [0.1, 0.15) is 6.34 Å². The van der Waals surface area contributed by atoms with Crippen LogP contribution in [0, 0.1) is 0 Å². The van der Waals surface area contributed by atoms with Crippen LogP contribution >= 0.6 is 0 Å². The van der Waals surface area contributed by atoms with E-state index in [9.17, 15) is 0 Å². The average molecular weight is 123 g/mol. The molecule has 45 valence electrons. The Hall–Kier alpha value is -1.52. The van der Waals surface area contributed by atoms with E-state index in [1.54, 1.807) is 0 Å². The molecule has 1 aromatic rings. The van der Waals surface area contributed by atoms with Gasteiger partial charge in [0.2, 0.25) is 5.82 Å². The molecular formula is C4H3N4O. The number of nitrogens with one attached hydrogen (secondary N) is 1. The van der Waals surface area contributed by atoms with Crippen LogP contribution in [-0.2, 0) is 0 Å². The van der Waals surface area contributed by atoms with Crippen LogP contribution in [0.5, 0.6) is 0 Å². The second-order valence-electron chi connectivity index (χ2n) is 1.49. The maximum Gasteiger partial charge on any atom is 0.260 e. The second kappa shape index (κ2) is 1.48. The number of rotatable bonds is 0. The first-order valence-electron chi connectivity index (χ1n) is 2.39. The van der Waals surface area contributed by atoms with E-state index >= 15 is 0 Å². The highest BCUT2D eigenvalue weighted by molar-refractivity contribution is 5.70. The lowest BCUT2D eigenvalue weighted by molar-refractivity contribution is 0.566. The van der Waals surface area contributed by atoms with Crippen molar-refractivity contribution in [2.75, 3.05) is 5.43 Å². The van der Waals surface area contributed by atoms with Gasteiger partial charge < -0.3 is 4.42 Å². The molecule has 0 saturated heterocycles. The van der Waals surface area contributed by atoms with E-state index in [0.717, 1.165) is 0 Å². The third-order valence-corrected chi connectivity index (χ3v) is 0.952. The highest BCUT2D eigenvalue weighted by atomic mass is 16.4. The predicted molar refractivity (Wildman–Crippen MR) is 30.4 cm³/mol. The Bertz CT molecular complexity index is 240. The van der Waals surface area contributed by atoms with Crippen LogP contribution < -0.4 is 10.9 Å². The number of anilines is 1. The van der Waals surface area contributed by atoms with E-state index < -0.39 is 0 Å². The molecular weight excluding hydrogens is 120 g/mol. The summed E-state index contributed by atoms with van der Waals surface area (Å²) in [6.07, 6.45) is 2.70. The average Bonchev–Trinajstić information content (AvgIpc) is 2.33. The number of aromatic nitrogens is 1. The largest absolute Gasteiger partial charge is 0.424 e. The first kappa shape index (κ1) is 4.37. The summed E-state index contributed by atoms with van der Waals surface area (Å²) < 4.78 is 4.83. The predicted octanol–water partition coefficient (Wildman–Crippen LogP) is 0.279. The summed E-state index contributed by atoms with van der Waals surface area (Å²) in [4.78, 5) is 7.56. The molecule has 1 aliphatic heterocycles. The third kappa shape index (κ3) is 0.543. The molecule has 1 N–H and O–H groups in total.